The van der Waals surface area contributed by atoms with Crippen LogP contribution in [0.1, 0.15) is 48.0 Å². The normalized spacial score (nSPS) is 13.9. The second-order valence-corrected chi connectivity index (χ2v) is 10.2. The summed E-state index contributed by atoms with van der Waals surface area (Å²) in [5.41, 5.74) is 5.82. The molecule has 0 spiro atoms. The minimum Gasteiger partial charge on any atom is -0.391 e. The van der Waals surface area contributed by atoms with Crippen LogP contribution in [0.15, 0.2) is 47.5 Å². The molecule has 37 heavy (non-hydrogen) atoms. The molecule has 0 unspecified atom stereocenters. The highest BCUT2D eigenvalue weighted by Crippen LogP contribution is 2.23. The molecule has 1 aromatic carbocycles. The molecule has 0 saturated heterocycles. The number of nitrogens with two attached hydrogens (primary N) is 1. The molecule has 1 saturated carbocycles. The third-order valence-electron chi connectivity index (χ3n) is 5.77. The van der Waals surface area contributed by atoms with Gasteiger partial charge in [-0.2, -0.15) is 0 Å². The van der Waals surface area contributed by atoms with Crippen molar-refractivity contribution in [3.8, 4) is 5.88 Å². The zero-order valence-electron chi connectivity index (χ0n) is 20.1. The second kappa shape index (κ2) is 12.9. The van der Waals surface area contributed by atoms with Gasteiger partial charge in [0.1, 0.15) is 0 Å². The van der Waals surface area contributed by atoms with Gasteiger partial charge in [-0.15, -0.1) is 0 Å². The standard InChI is InChI=1S/C24H29N5O7S/c25-14-20(30)28-24(33)36-21-11-8-18(15-27-21)23(32)29-37(34,35)19-9-6-16(7-10-19)12-13-26-22(31)17-4-2-1-3-5-17/h6-11,15,17H,1-5,12-14,25H2,(H,26,31)(H,29,32)(H,28,30,33). The van der Waals surface area contributed by atoms with Crippen molar-refractivity contribution < 1.29 is 32.3 Å². The van der Waals surface area contributed by atoms with Crippen molar-refractivity contribution in [3.63, 3.8) is 0 Å². The Bertz CT molecular complexity index is 1230. The summed E-state index contributed by atoms with van der Waals surface area (Å²) in [5.74, 6) is -1.75. The molecule has 3 rings (SSSR count). The van der Waals surface area contributed by atoms with E-state index in [1.807, 2.05) is 10.0 Å². The molecule has 0 bridgehead atoms. The van der Waals surface area contributed by atoms with Gasteiger partial charge >= 0.3 is 6.09 Å². The van der Waals surface area contributed by atoms with Gasteiger partial charge in [-0.3, -0.25) is 19.7 Å². The number of carbonyl (C=O) groups is 4. The molecule has 2 aromatic rings. The van der Waals surface area contributed by atoms with Crippen LogP contribution in [-0.4, -0.2) is 50.3 Å². The number of benzene rings is 1. The molecule has 0 aliphatic heterocycles. The fraction of sp³-hybridized carbons (Fsp3) is 0.375. The van der Waals surface area contributed by atoms with Crippen molar-refractivity contribution in [3.05, 3.63) is 53.7 Å². The van der Waals surface area contributed by atoms with Crippen LogP contribution in [0, 0.1) is 5.92 Å². The molecule has 1 aromatic heterocycles. The summed E-state index contributed by atoms with van der Waals surface area (Å²) in [6.07, 6.45) is 5.65. The van der Waals surface area contributed by atoms with E-state index in [4.69, 9.17) is 10.5 Å². The Morgan fingerprint density at radius 2 is 1.70 bits per heavy atom. The fourth-order valence-corrected chi connectivity index (χ4v) is 4.75. The number of aromatic nitrogens is 1. The number of rotatable bonds is 9. The lowest BCUT2D eigenvalue weighted by molar-refractivity contribution is -0.125. The van der Waals surface area contributed by atoms with Crippen LogP contribution in [0.2, 0.25) is 0 Å². The first kappa shape index (κ1) is 27.7. The van der Waals surface area contributed by atoms with E-state index < -0.39 is 34.5 Å². The lowest BCUT2D eigenvalue weighted by atomic mass is 9.88. The topological polar surface area (TPSA) is 187 Å². The number of ether oxygens (including phenoxy) is 1. The van der Waals surface area contributed by atoms with Crippen LogP contribution < -0.4 is 25.8 Å². The monoisotopic (exact) mass is 531 g/mol. The third kappa shape index (κ3) is 8.36. The zero-order valence-corrected chi connectivity index (χ0v) is 20.9. The highest BCUT2D eigenvalue weighted by atomic mass is 32.2. The maximum atomic E-state index is 12.6. The summed E-state index contributed by atoms with van der Waals surface area (Å²) < 4.78 is 32.0. The summed E-state index contributed by atoms with van der Waals surface area (Å²) in [5, 5.41) is 4.80. The Labute approximate surface area is 214 Å². The van der Waals surface area contributed by atoms with Crippen molar-refractivity contribution in [2.75, 3.05) is 13.1 Å². The Kier molecular flexibility index (Phi) is 9.69. The number of hydrogen-bond donors (Lipinski definition) is 4. The van der Waals surface area contributed by atoms with Crippen molar-refractivity contribution in [2.45, 2.75) is 43.4 Å². The number of hydrogen-bond acceptors (Lipinski definition) is 9. The number of imide groups is 1. The van der Waals surface area contributed by atoms with Gasteiger partial charge in [0.05, 0.1) is 17.0 Å². The summed E-state index contributed by atoms with van der Waals surface area (Å²) >= 11 is 0. The predicted molar refractivity (Wildman–Crippen MR) is 132 cm³/mol. The highest BCUT2D eigenvalue weighted by molar-refractivity contribution is 7.90. The van der Waals surface area contributed by atoms with E-state index in [-0.39, 0.29) is 28.2 Å². The zero-order chi connectivity index (χ0) is 26.8. The molecule has 1 aliphatic rings. The molecular weight excluding hydrogens is 502 g/mol. The van der Waals surface area contributed by atoms with Crippen LogP contribution in [0.4, 0.5) is 4.79 Å². The lowest BCUT2D eigenvalue weighted by Gasteiger charge is -2.20. The van der Waals surface area contributed by atoms with Gasteiger partial charge in [0, 0.05) is 24.7 Å². The molecule has 198 valence electrons. The average Bonchev–Trinajstić information content (AvgIpc) is 2.89. The summed E-state index contributed by atoms with van der Waals surface area (Å²) in [7, 11) is -4.16. The SMILES string of the molecule is NCC(=O)NC(=O)Oc1ccc(C(=O)NS(=O)(=O)c2ccc(CCNC(=O)C3CCCCC3)cc2)cn1. The van der Waals surface area contributed by atoms with E-state index in [0.717, 1.165) is 43.5 Å². The van der Waals surface area contributed by atoms with Gasteiger partial charge in [-0.25, -0.2) is 22.9 Å². The quantitative estimate of drug-likeness (QED) is 0.366. The lowest BCUT2D eigenvalue weighted by Crippen LogP contribution is -2.37. The van der Waals surface area contributed by atoms with Crippen molar-refractivity contribution >= 4 is 33.8 Å². The largest absolute Gasteiger partial charge is 0.420 e. The van der Waals surface area contributed by atoms with E-state index in [2.05, 4.69) is 10.3 Å². The maximum Gasteiger partial charge on any atom is 0.420 e. The van der Waals surface area contributed by atoms with E-state index in [0.29, 0.717) is 13.0 Å². The number of amides is 4. The van der Waals surface area contributed by atoms with Crippen molar-refractivity contribution in [1.82, 2.24) is 20.3 Å². The van der Waals surface area contributed by atoms with Crippen LogP contribution in [0.5, 0.6) is 5.88 Å². The van der Waals surface area contributed by atoms with Gasteiger partial charge < -0.3 is 15.8 Å². The molecule has 1 heterocycles. The number of nitrogens with zero attached hydrogens (tertiary/aromatic N) is 1. The first-order valence-corrected chi connectivity index (χ1v) is 13.3. The number of pyridine rings is 1. The van der Waals surface area contributed by atoms with Gasteiger partial charge in [0.2, 0.25) is 17.7 Å². The maximum absolute atomic E-state index is 12.6. The molecule has 1 aliphatic carbocycles. The molecule has 4 amide bonds. The predicted octanol–water partition coefficient (Wildman–Crippen LogP) is 1.01. The molecule has 12 nitrogen and oxygen atoms in total. The smallest absolute Gasteiger partial charge is 0.391 e. The van der Waals surface area contributed by atoms with E-state index in [1.165, 1.54) is 24.6 Å². The fourth-order valence-electron chi connectivity index (χ4n) is 3.77. The van der Waals surface area contributed by atoms with Gasteiger partial charge in [-0.1, -0.05) is 31.4 Å². The number of nitrogens with one attached hydrogen (secondary N) is 3. The van der Waals surface area contributed by atoms with Crippen LogP contribution in [0.3, 0.4) is 0 Å². The van der Waals surface area contributed by atoms with E-state index in [1.54, 1.807) is 12.1 Å². The first-order valence-electron chi connectivity index (χ1n) is 11.8. The van der Waals surface area contributed by atoms with E-state index in [9.17, 15) is 27.6 Å². The molecule has 13 heteroatoms. The minimum absolute atomic E-state index is 0.0701. The summed E-state index contributed by atoms with van der Waals surface area (Å²) in [4.78, 5) is 50.8. The van der Waals surface area contributed by atoms with Crippen LogP contribution in [0.25, 0.3) is 0 Å². The average molecular weight is 532 g/mol. The Hall–Kier alpha value is -3.84. The van der Waals surface area contributed by atoms with Gasteiger partial charge in [0.25, 0.3) is 15.9 Å². The van der Waals surface area contributed by atoms with Gasteiger partial charge in [0.15, 0.2) is 0 Å². The second-order valence-electron chi connectivity index (χ2n) is 8.48. The first-order chi connectivity index (χ1) is 17.7. The van der Waals surface area contributed by atoms with E-state index >= 15 is 0 Å². The van der Waals surface area contributed by atoms with Crippen LogP contribution in [-0.2, 0) is 26.0 Å². The minimum atomic E-state index is -4.16. The Morgan fingerprint density at radius 3 is 2.32 bits per heavy atom. The Morgan fingerprint density at radius 1 is 1.00 bits per heavy atom. The summed E-state index contributed by atoms with van der Waals surface area (Å²) in [6.45, 7) is 0.0489. The molecule has 1 fully saturated rings. The van der Waals surface area contributed by atoms with Gasteiger partial charge in [-0.05, 0) is 43.0 Å². The highest BCUT2D eigenvalue weighted by Gasteiger charge is 2.21. The molecule has 0 atom stereocenters. The van der Waals surface area contributed by atoms with Crippen molar-refractivity contribution in [2.24, 2.45) is 11.7 Å². The third-order valence-corrected chi connectivity index (χ3v) is 7.12. The number of carbonyl (C=O) groups excluding carboxylic acids is 4. The van der Waals surface area contributed by atoms with Crippen LogP contribution >= 0.6 is 0 Å². The molecular formula is C24H29N5O7S. The Balaban J connectivity index is 1.50. The molecule has 5 N–H and O–H groups in total. The number of sulfonamides is 1. The molecule has 0 radical (unpaired) electrons. The van der Waals surface area contributed by atoms with Crippen molar-refractivity contribution in [1.29, 1.82) is 0 Å². The summed E-state index contributed by atoms with van der Waals surface area (Å²) in [6, 6.07) is 8.38.